The molecule has 3 aromatic heterocycles. The number of hydrogen-bond donors (Lipinski definition) is 1. The number of anilines is 1. The van der Waals surface area contributed by atoms with Crippen LogP contribution in [-0.4, -0.2) is 27.8 Å². The Morgan fingerprint density at radius 2 is 2.04 bits per heavy atom. The van der Waals surface area contributed by atoms with Gasteiger partial charge in [0.2, 0.25) is 5.88 Å². The lowest BCUT2D eigenvalue weighted by atomic mass is 10.3. The molecule has 0 spiro atoms. The Labute approximate surface area is 158 Å². The number of aryl methyl sites for hydroxylation is 1. The Morgan fingerprint density at radius 1 is 1.26 bits per heavy atom. The molecule has 1 aromatic carbocycles. The highest BCUT2D eigenvalue weighted by molar-refractivity contribution is 7.20. The van der Waals surface area contributed by atoms with E-state index in [1.54, 1.807) is 41.2 Å². The second kappa shape index (κ2) is 6.81. The number of aromatic nitrogens is 3. The molecule has 0 aliphatic rings. The molecule has 1 N–H and O–H groups in total. The Kier molecular flexibility index (Phi) is 4.33. The molecule has 0 bridgehead atoms. The predicted molar refractivity (Wildman–Crippen MR) is 102 cm³/mol. The number of benzene rings is 1. The summed E-state index contributed by atoms with van der Waals surface area (Å²) in [5, 5.41) is 8.21. The summed E-state index contributed by atoms with van der Waals surface area (Å²) in [6.45, 7) is 1.88. The maximum atomic E-state index is 13.2. The molecule has 0 unspecified atom stereocenters. The number of rotatable bonds is 4. The quantitative estimate of drug-likeness (QED) is 0.575. The van der Waals surface area contributed by atoms with E-state index in [0.717, 1.165) is 21.6 Å². The van der Waals surface area contributed by atoms with E-state index in [0.29, 0.717) is 16.4 Å². The summed E-state index contributed by atoms with van der Waals surface area (Å²) in [6.07, 6.45) is 1.59. The zero-order chi connectivity index (χ0) is 19.0. The van der Waals surface area contributed by atoms with Crippen LogP contribution in [0.4, 0.5) is 10.1 Å². The molecule has 4 aromatic rings. The van der Waals surface area contributed by atoms with Crippen LogP contribution in [0.2, 0.25) is 0 Å². The SMILES string of the molecule is COc1ncccc1NC(=O)c1cc2c(C)nn(-c3ccc(F)cc3)c2s1. The average molecular weight is 382 g/mol. The molecule has 4 rings (SSSR count). The van der Waals surface area contributed by atoms with Gasteiger partial charge in [-0.2, -0.15) is 5.10 Å². The topological polar surface area (TPSA) is 69.0 Å². The van der Waals surface area contributed by atoms with E-state index in [9.17, 15) is 9.18 Å². The van der Waals surface area contributed by atoms with Crippen molar-refractivity contribution in [1.29, 1.82) is 0 Å². The van der Waals surface area contributed by atoms with Crippen molar-refractivity contribution >= 4 is 33.1 Å². The van der Waals surface area contributed by atoms with Gasteiger partial charge in [-0.3, -0.25) is 4.79 Å². The molecule has 0 fully saturated rings. The molecule has 0 atom stereocenters. The van der Waals surface area contributed by atoms with Gasteiger partial charge in [0.15, 0.2) is 0 Å². The lowest BCUT2D eigenvalue weighted by Crippen LogP contribution is -2.11. The van der Waals surface area contributed by atoms with E-state index >= 15 is 0 Å². The molecule has 1 amide bonds. The fraction of sp³-hybridized carbons (Fsp3) is 0.105. The number of ether oxygens (including phenoxy) is 1. The summed E-state index contributed by atoms with van der Waals surface area (Å²) in [4.78, 5) is 18.1. The summed E-state index contributed by atoms with van der Waals surface area (Å²) < 4.78 is 20.1. The second-order valence-electron chi connectivity index (χ2n) is 5.82. The van der Waals surface area contributed by atoms with E-state index in [1.165, 1.54) is 30.6 Å². The fourth-order valence-electron chi connectivity index (χ4n) is 2.75. The standard InChI is InChI=1S/C19H15FN4O2S/c1-11-14-10-16(17(25)22-15-4-3-9-21-18(15)26-2)27-19(14)24(23-11)13-7-5-12(20)6-8-13/h3-10H,1-2H3,(H,22,25). The number of amides is 1. The highest BCUT2D eigenvalue weighted by Crippen LogP contribution is 2.31. The molecule has 3 heterocycles. The van der Waals surface area contributed by atoms with E-state index in [-0.39, 0.29) is 11.7 Å². The summed E-state index contributed by atoms with van der Waals surface area (Å²) >= 11 is 1.32. The van der Waals surface area contributed by atoms with Gasteiger partial charge in [0.05, 0.1) is 23.4 Å². The third-order valence-electron chi connectivity index (χ3n) is 4.05. The van der Waals surface area contributed by atoms with Crippen molar-refractivity contribution in [3.8, 4) is 11.6 Å². The second-order valence-corrected chi connectivity index (χ2v) is 6.85. The van der Waals surface area contributed by atoms with Crippen molar-refractivity contribution in [2.75, 3.05) is 12.4 Å². The Bertz CT molecular complexity index is 1130. The number of hydrogen-bond acceptors (Lipinski definition) is 5. The number of carbonyl (C=O) groups is 1. The molecule has 0 saturated carbocycles. The lowest BCUT2D eigenvalue weighted by molar-refractivity contribution is 0.103. The largest absolute Gasteiger partial charge is 0.480 e. The first kappa shape index (κ1) is 17.2. The van der Waals surface area contributed by atoms with Gasteiger partial charge in [-0.25, -0.2) is 14.1 Å². The minimum absolute atomic E-state index is 0.257. The van der Waals surface area contributed by atoms with Crippen LogP contribution in [0, 0.1) is 12.7 Å². The van der Waals surface area contributed by atoms with Crippen molar-refractivity contribution in [3.63, 3.8) is 0 Å². The van der Waals surface area contributed by atoms with Crippen LogP contribution < -0.4 is 10.1 Å². The van der Waals surface area contributed by atoms with Gasteiger partial charge in [-0.15, -0.1) is 11.3 Å². The van der Waals surface area contributed by atoms with Crippen molar-refractivity contribution in [1.82, 2.24) is 14.8 Å². The molecule has 0 aliphatic heterocycles. The van der Waals surface area contributed by atoms with Crippen LogP contribution in [-0.2, 0) is 0 Å². The maximum absolute atomic E-state index is 13.2. The third-order valence-corrected chi connectivity index (χ3v) is 5.16. The number of pyridine rings is 1. The number of carbonyl (C=O) groups excluding carboxylic acids is 1. The van der Waals surface area contributed by atoms with Crippen LogP contribution in [0.25, 0.3) is 15.9 Å². The number of nitrogens with one attached hydrogen (secondary N) is 1. The van der Waals surface area contributed by atoms with Crippen molar-refractivity contribution < 1.29 is 13.9 Å². The normalized spacial score (nSPS) is 10.9. The van der Waals surface area contributed by atoms with E-state index in [2.05, 4.69) is 15.4 Å². The monoisotopic (exact) mass is 382 g/mol. The molecule has 6 nitrogen and oxygen atoms in total. The molecule has 8 heteroatoms. The predicted octanol–water partition coefficient (Wildman–Crippen LogP) is 4.19. The van der Waals surface area contributed by atoms with Crippen LogP contribution in [0.1, 0.15) is 15.4 Å². The highest BCUT2D eigenvalue weighted by atomic mass is 32.1. The Morgan fingerprint density at radius 3 is 2.78 bits per heavy atom. The number of halogens is 1. The molecular weight excluding hydrogens is 367 g/mol. The minimum Gasteiger partial charge on any atom is -0.480 e. The Balaban J connectivity index is 1.70. The van der Waals surface area contributed by atoms with Crippen LogP contribution in [0.3, 0.4) is 0 Å². The van der Waals surface area contributed by atoms with Crippen molar-refractivity contribution in [2.24, 2.45) is 0 Å². The molecule has 0 radical (unpaired) electrons. The first-order valence-corrected chi connectivity index (χ1v) is 8.94. The van der Waals surface area contributed by atoms with Crippen LogP contribution >= 0.6 is 11.3 Å². The molecule has 136 valence electrons. The average Bonchev–Trinajstić information content (AvgIpc) is 3.24. The summed E-state index contributed by atoms with van der Waals surface area (Å²) in [6, 6.07) is 11.3. The number of thiophene rings is 1. The van der Waals surface area contributed by atoms with Gasteiger partial charge >= 0.3 is 0 Å². The van der Waals surface area contributed by atoms with Crippen molar-refractivity contribution in [2.45, 2.75) is 6.92 Å². The zero-order valence-electron chi connectivity index (χ0n) is 14.6. The molecule has 27 heavy (non-hydrogen) atoms. The number of fused-ring (bicyclic) bond motifs is 1. The molecular formula is C19H15FN4O2S. The van der Waals surface area contributed by atoms with Gasteiger partial charge < -0.3 is 10.1 Å². The molecule has 0 saturated heterocycles. The first-order chi connectivity index (χ1) is 13.1. The van der Waals surface area contributed by atoms with Gasteiger partial charge in [0.1, 0.15) is 16.3 Å². The van der Waals surface area contributed by atoms with Crippen LogP contribution in [0.5, 0.6) is 5.88 Å². The number of methoxy groups -OCH3 is 1. The van der Waals surface area contributed by atoms with Crippen molar-refractivity contribution in [3.05, 3.63) is 65.0 Å². The zero-order valence-corrected chi connectivity index (χ0v) is 15.4. The summed E-state index contributed by atoms with van der Waals surface area (Å²) in [7, 11) is 1.50. The van der Waals surface area contributed by atoms with Gasteiger partial charge in [0.25, 0.3) is 5.91 Å². The third kappa shape index (κ3) is 3.15. The highest BCUT2D eigenvalue weighted by Gasteiger charge is 2.18. The number of nitrogens with zero attached hydrogens (tertiary/aromatic N) is 3. The smallest absolute Gasteiger partial charge is 0.265 e. The first-order valence-electron chi connectivity index (χ1n) is 8.12. The maximum Gasteiger partial charge on any atom is 0.265 e. The summed E-state index contributed by atoms with van der Waals surface area (Å²) in [5.41, 5.74) is 2.03. The Hall–Kier alpha value is -3.26. The van der Waals surface area contributed by atoms with E-state index < -0.39 is 0 Å². The molecule has 0 aliphatic carbocycles. The van der Waals surface area contributed by atoms with E-state index in [4.69, 9.17) is 4.74 Å². The van der Waals surface area contributed by atoms with E-state index in [1.807, 2.05) is 6.92 Å². The summed E-state index contributed by atoms with van der Waals surface area (Å²) in [5.74, 6) is -0.219. The van der Waals surface area contributed by atoms with Gasteiger partial charge in [-0.1, -0.05) is 0 Å². The van der Waals surface area contributed by atoms with Gasteiger partial charge in [0, 0.05) is 11.6 Å². The van der Waals surface area contributed by atoms with Crippen LogP contribution in [0.15, 0.2) is 48.7 Å². The fourth-order valence-corrected chi connectivity index (χ4v) is 3.83. The minimum atomic E-state index is -0.310. The van der Waals surface area contributed by atoms with Gasteiger partial charge in [-0.05, 0) is 49.4 Å². The lowest BCUT2D eigenvalue weighted by Gasteiger charge is -2.07.